The fraction of sp³-hybridized carbons (Fsp3) is 0.800. The molecule has 80 valence electrons. The van der Waals surface area contributed by atoms with Gasteiger partial charge in [0.05, 0.1) is 6.04 Å². The zero-order chi connectivity index (χ0) is 10.9. The van der Waals surface area contributed by atoms with Gasteiger partial charge in [0.1, 0.15) is 5.82 Å². The second-order valence-corrected chi connectivity index (χ2v) is 4.38. The van der Waals surface area contributed by atoms with E-state index < -0.39 is 0 Å². The molecule has 1 rings (SSSR count). The Morgan fingerprint density at radius 3 is 2.14 bits per heavy atom. The monoisotopic (exact) mass is 196 g/mol. The standard InChI is InChI=1S/C10H20N4/c1-6(2)8(11)10-12-9(7(3)4)13-14(10)5/h6-8H,11H2,1-5H3. The highest BCUT2D eigenvalue weighted by molar-refractivity contribution is 5.01. The second kappa shape index (κ2) is 4.09. The van der Waals surface area contributed by atoms with Crippen LogP contribution < -0.4 is 5.73 Å². The fourth-order valence-electron chi connectivity index (χ4n) is 1.25. The molecule has 0 spiro atoms. The van der Waals surface area contributed by atoms with Crippen LogP contribution in [0.2, 0.25) is 0 Å². The Labute approximate surface area is 85.5 Å². The van der Waals surface area contributed by atoms with Gasteiger partial charge in [-0.1, -0.05) is 27.7 Å². The summed E-state index contributed by atoms with van der Waals surface area (Å²) in [6.07, 6.45) is 0. The van der Waals surface area contributed by atoms with E-state index in [0.29, 0.717) is 11.8 Å². The molecule has 1 heterocycles. The molecule has 1 atom stereocenters. The van der Waals surface area contributed by atoms with E-state index in [-0.39, 0.29) is 6.04 Å². The van der Waals surface area contributed by atoms with Crippen molar-refractivity contribution in [1.82, 2.24) is 14.8 Å². The van der Waals surface area contributed by atoms with Gasteiger partial charge in [0.2, 0.25) is 0 Å². The van der Waals surface area contributed by atoms with Crippen molar-refractivity contribution in [2.24, 2.45) is 18.7 Å². The summed E-state index contributed by atoms with van der Waals surface area (Å²) >= 11 is 0. The molecule has 0 saturated carbocycles. The number of aryl methyl sites for hydroxylation is 1. The fourth-order valence-corrected chi connectivity index (χ4v) is 1.25. The van der Waals surface area contributed by atoms with E-state index in [2.05, 4.69) is 37.8 Å². The molecule has 0 aliphatic carbocycles. The summed E-state index contributed by atoms with van der Waals surface area (Å²) in [5.74, 6) is 2.49. The van der Waals surface area contributed by atoms with E-state index in [0.717, 1.165) is 11.6 Å². The van der Waals surface area contributed by atoms with E-state index in [1.807, 2.05) is 7.05 Å². The maximum Gasteiger partial charge on any atom is 0.153 e. The lowest BCUT2D eigenvalue weighted by Crippen LogP contribution is -2.21. The molecule has 1 aromatic heterocycles. The molecule has 2 N–H and O–H groups in total. The Morgan fingerprint density at radius 1 is 1.21 bits per heavy atom. The van der Waals surface area contributed by atoms with E-state index in [4.69, 9.17) is 5.73 Å². The van der Waals surface area contributed by atoms with Crippen molar-refractivity contribution in [3.8, 4) is 0 Å². The summed E-state index contributed by atoms with van der Waals surface area (Å²) in [6.45, 7) is 8.35. The predicted octanol–water partition coefficient (Wildman–Crippen LogP) is 1.59. The molecule has 0 bridgehead atoms. The highest BCUT2D eigenvalue weighted by atomic mass is 15.3. The summed E-state index contributed by atoms with van der Waals surface area (Å²) in [5, 5.41) is 4.34. The average molecular weight is 196 g/mol. The van der Waals surface area contributed by atoms with Gasteiger partial charge >= 0.3 is 0 Å². The lowest BCUT2D eigenvalue weighted by atomic mass is 10.1. The van der Waals surface area contributed by atoms with Crippen LogP contribution in [0.5, 0.6) is 0 Å². The highest BCUT2D eigenvalue weighted by Crippen LogP contribution is 2.18. The SMILES string of the molecule is CC(C)c1nc(C(N)C(C)C)n(C)n1. The molecule has 4 heteroatoms. The van der Waals surface area contributed by atoms with Crippen molar-refractivity contribution in [3.05, 3.63) is 11.6 Å². The van der Waals surface area contributed by atoms with Crippen molar-refractivity contribution in [2.75, 3.05) is 0 Å². The molecule has 0 aliphatic heterocycles. The smallest absolute Gasteiger partial charge is 0.153 e. The molecule has 0 radical (unpaired) electrons. The summed E-state index contributed by atoms with van der Waals surface area (Å²) in [5.41, 5.74) is 6.03. The highest BCUT2D eigenvalue weighted by Gasteiger charge is 2.18. The Balaban J connectivity index is 2.98. The van der Waals surface area contributed by atoms with Gasteiger partial charge < -0.3 is 5.73 Å². The van der Waals surface area contributed by atoms with Crippen LogP contribution >= 0.6 is 0 Å². The lowest BCUT2D eigenvalue weighted by Gasteiger charge is -2.13. The first-order valence-corrected chi connectivity index (χ1v) is 5.10. The third-order valence-electron chi connectivity index (χ3n) is 2.35. The quantitative estimate of drug-likeness (QED) is 0.798. The number of nitrogens with zero attached hydrogens (tertiary/aromatic N) is 3. The maximum absolute atomic E-state index is 6.03. The summed E-state index contributed by atoms with van der Waals surface area (Å²) in [7, 11) is 1.90. The number of aromatic nitrogens is 3. The van der Waals surface area contributed by atoms with Crippen LogP contribution in [0.1, 0.15) is 51.3 Å². The third kappa shape index (κ3) is 2.12. The molecule has 4 nitrogen and oxygen atoms in total. The van der Waals surface area contributed by atoms with Crippen LogP contribution in [-0.2, 0) is 7.05 Å². The van der Waals surface area contributed by atoms with Gasteiger partial charge in [-0.15, -0.1) is 0 Å². The van der Waals surface area contributed by atoms with Crippen LogP contribution in [0.25, 0.3) is 0 Å². The lowest BCUT2D eigenvalue weighted by molar-refractivity contribution is 0.469. The molecular formula is C10H20N4. The Kier molecular flexibility index (Phi) is 3.26. The van der Waals surface area contributed by atoms with Crippen molar-refractivity contribution < 1.29 is 0 Å². The van der Waals surface area contributed by atoms with Crippen molar-refractivity contribution in [2.45, 2.75) is 39.7 Å². The first kappa shape index (κ1) is 11.2. The minimum absolute atomic E-state index is 0.0278. The topological polar surface area (TPSA) is 56.7 Å². The van der Waals surface area contributed by atoms with Gasteiger partial charge in [-0.3, -0.25) is 4.68 Å². The zero-order valence-corrected chi connectivity index (χ0v) is 9.65. The molecule has 1 aromatic rings. The first-order chi connectivity index (χ1) is 6.43. The van der Waals surface area contributed by atoms with E-state index >= 15 is 0 Å². The Hall–Kier alpha value is -0.900. The van der Waals surface area contributed by atoms with Crippen molar-refractivity contribution in [1.29, 1.82) is 0 Å². The number of hydrogen-bond acceptors (Lipinski definition) is 3. The van der Waals surface area contributed by atoms with Crippen LogP contribution in [0.3, 0.4) is 0 Å². The molecule has 0 fully saturated rings. The Morgan fingerprint density at radius 2 is 1.79 bits per heavy atom. The van der Waals surface area contributed by atoms with E-state index in [1.54, 1.807) is 4.68 Å². The van der Waals surface area contributed by atoms with Gasteiger partial charge in [-0.2, -0.15) is 5.10 Å². The normalized spacial score (nSPS) is 14.0. The number of hydrogen-bond donors (Lipinski definition) is 1. The van der Waals surface area contributed by atoms with Crippen LogP contribution in [0.15, 0.2) is 0 Å². The molecule has 0 aliphatic rings. The van der Waals surface area contributed by atoms with Crippen molar-refractivity contribution in [3.63, 3.8) is 0 Å². The van der Waals surface area contributed by atoms with Gasteiger partial charge in [0, 0.05) is 13.0 Å². The zero-order valence-electron chi connectivity index (χ0n) is 9.65. The summed E-state index contributed by atoms with van der Waals surface area (Å²) in [4.78, 5) is 4.46. The van der Waals surface area contributed by atoms with Gasteiger partial charge in [0.25, 0.3) is 0 Å². The Bertz CT molecular complexity index is 301. The van der Waals surface area contributed by atoms with Gasteiger partial charge in [-0.25, -0.2) is 4.98 Å². The van der Waals surface area contributed by atoms with Gasteiger partial charge in [0.15, 0.2) is 5.82 Å². The third-order valence-corrected chi connectivity index (χ3v) is 2.35. The van der Waals surface area contributed by atoms with E-state index in [1.165, 1.54) is 0 Å². The van der Waals surface area contributed by atoms with Crippen LogP contribution in [-0.4, -0.2) is 14.8 Å². The minimum Gasteiger partial charge on any atom is -0.321 e. The largest absolute Gasteiger partial charge is 0.321 e. The molecule has 1 unspecified atom stereocenters. The number of rotatable bonds is 3. The van der Waals surface area contributed by atoms with Crippen molar-refractivity contribution >= 4 is 0 Å². The minimum atomic E-state index is -0.0278. The maximum atomic E-state index is 6.03. The van der Waals surface area contributed by atoms with Crippen LogP contribution in [0.4, 0.5) is 0 Å². The van der Waals surface area contributed by atoms with E-state index in [9.17, 15) is 0 Å². The molecule has 0 saturated heterocycles. The first-order valence-electron chi connectivity index (χ1n) is 5.10. The molecule has 0 amide bonds. The van der Waals surface area contributed by atoms with Crippen LogP contribution in [0, 0.1) is 5.92 Å². The molecule has 0 aromatic carbocycles. The predicted molar refractivity (Wildman–Crippen MR) is 56.9 cm³/mol. The average Bonchev–Trinajstić information content (AvgIpc) is 2.46. The second-order valence-electron chi connectivity index (χ2n) is 4.38. The van der Waals surface area contributed by atoms with Gasteiger partial charge in [-0.05, 0) is 5.92 Å². The number of nitrogens with two attached hydrogens (primary N) is 1. The summed E-state index contributed by atoms with van der Waals surface area (Å²) < 4.78 is 1.79. The molecular weight excluding hydrogens is 176 g/mol. The summed E-state index contributed by atoms with van der Waals surface area (Å²) in [6, 6.07) is -0.0278. The molecule has 14 heavy (non-hydrogen) atoms.